The summed E-state index contributed by atoms with van der Waals surface area (Å²) in [6.07, 6.45) is 6.03. The number of hydrogen-bond donors (Lipinski definition) is 0. The number of nitrogens with zero attached hydrogens (tertiary/aromatic N) is 3. The molecule has 0 bridgehead atoms. The van der Waals surface area contributed by atoms with E-state index in [0.29, 0.717) is 37.7 Å². The Balaban J connectivity index is 1.69. The maximum Gasteiger partial charge on any atom is 0.296 e. The van der Waals surface area contributed by atoms with Gasteiger partial charge >= 0.3 is 0 Å². The van der Waals surface area contributed by atoms with Gasteiger partial charge in [-0.2, -0.15) is 0 Å². The number of carbonyl (C=O) groups excluding carboxylic acids is 3. The minimum absolute atomic E-state index is 0.0622. The predicted octanol–water partition coefficient (Wildman–Crippen LogP) is 2.49. The van der Waals surface area contributed by atoms with Gasteiger partial charge in [0.25, 0.3) is 11.7 Å². The molecule has 6 heteroatoms. The lowest BCUT2D eigenvalue weighted by Gasteiger charge is -2.48. The molecule has 0 radical (unpaired) electrons. The minimum atomic E-state index is -0.442. The highest BCUT2D eigenvalue weighted by Crippen LogP contribution is 2.39. The summed E-state index contributed by atoms with van der Waals surface area (Å²) in [5, 5.41) is 0. The average Bonchev–Trinajstić information content (AvgIpc) is 3.07. The Labute approximate surface area is 161 Å². The number of carbonyl (C=O) groups is 3. The summed E-state index contributed by atoms with van der Waals surface area (Å²) in [5.41, 5.74) is 0.366. The van der Waals surface area contributed by atoms with Crippen LogP contribution in [0.15, 0.2) is 18.3 Å². The number of hydrogen-bond acceptors (Lipinski definition) is 3. The van der Waals surface area contributed by atoms with E-state index >= 15 is 0 Å². The second-order valence-corrected chi connectivity index (χ2v) is 8.66. The number of amides is 2. The number of piperidine rings is 2. The van der Waals surface area contributed by atoms with Crippen molar-refractivity contribution in [3.63, 3.8) is 0 Å². The smallest absolute Gasteiger partial charge is 0.296 e. The fourth-order valence-corrected chi connectivity index (χ4v) is 4.38. The van der Waals surface area contributed by atoms with Crippen LogP contribution in [-0.4, -0.2) is 58.1 Å². The number of aryl methyl sites for hydroxylation is 1. The molecule has 0 saturated carbocycles. The van der Waals surface area contributed by atoms with Crippen LogP contribution in [0.5, 0.6) is 0 Å². The van der Waals surface area contributed by atoms with E-state index in [9.17, 15) is 14.4 Å². The van der Waals surface area contributed by atoms with E-state index in [1.807, 2.05) is 4.90 Å². The first-order chi connectivity index (χ1) is 12.8. The van der Waals surface area contributed by atoms with E-state index in [4.69, 9.17) is 0 Å². The van der Waals surface area contributed by atoms with Gasteiger partial charge in [0.1, 0.15) is 0 Å². The summed E-state index contributed by atoms with van der Waals surface area (Å²) < 4.78 is 1.69. The summed E-state index contributed by atoms with van der Waals surface area (Å²) in [6.45, 7) is 7.03. The van der Waals surface area contributed by atoms with Crippen molar-refractivity contribution in [2.75, 3.05) is 26.2 Å². The Kier molecular flexibility index (Phi) is 5.72. The highest BCUT2D eigenvalue weighted by atomic mass is 16.2. The van der Waals surface area contributed by atoms with Gasteiger partial charge in [-0.1, -0.05) is 13.8 Å². The quantitative estimate of drug-likeness (QED) is 0.588. The van der Waals surface area contributed by atoms with Gasteiger partial charge in [0, 0.05) is 51.3 Å². The largest absolute Gasteiger partial charge is 0.348 e. The van der Waals surface area contributed by atoms with Crippen molar-refractivity contribution in [3.05, 3.63) is 24.0 Å². The van der Waals surface area contributed by atoms with Crippen molar-refractivity contribution in [1.82, 2.24) is 14.4 Å². The molecule has 2 fully saturated rings. The summed E-state index contributed by atoms with van der Waals surface area (Å²) in [4.78, 5) is 41.5. The molecule has 0 unspecified atom stereocenters. The zero-order valence-corrected chi connectivity index (χ0v) is 16.7. The van der Waals surface area contributed by atoms with Gasteiger partial charge in [-0.15, -0.1) is 0 Å². The van der Waals surface area contributed by atoms with Crippen molar-refractivity contribution in [3.8, 4) is 0 Å². The van der Waals surface area contributed by atoms with E-state index in [1.165, 1.54) is 0 Å². The van der Waals surface area contributed by atoms with Gasteiger partial charge in [-0.05, 0) is 43.7 Å². The number of Topliss-reactive ketones (excluding diaryl/α,β-unsaturated/α-hetero) is 1. The summed E-state index contributed by atoms with van der Waals surface area (Å²) in [6, 6.07) is 3.46. The zero-order chi connectivity index (χ0) is 19.6. The first-order valence-corrected chi connectivity index (χ1v) is 10.0. The fraction of sp³-hybridized carbons (Fsp3) is 0.667. The number of ketones is 1. The molecule has 2 aliphatic rings. The molecule has 2 amide bonds. The molecule has 3 rings (SSSR count). The van der Waals surface area contributed by atoms with Gasteiger partial charge in [0.15, 0.2) is 0 Å². The molecule has 1 aromatic heterocycles. The molecule has 0 aliphatic carbocycles. The highest BCUT2D eigenvalue weighted by molar-refractivity contribution is 6.42. The highest BCUT2D eigenvalue weighted by Gasteiger charge is 2.43. The molecule has 1 atom stereocenters. The molecular formula is C21H31N3O3. The van der Waals surface area contributed by atoms with Crippen LogP contribution >= 0.6 is 0 Å². The first-order valence-electron chi connectivity index (χ1n) is 10.0. The number of aromatic nitrogens is 1. The van der Waals surface area contributed by atoms with Gasteiger partial charge in [-0.25, -0.2) is 0 Å². The van der Waals surface area contributed by atoms with E-state index in [1.54, 1.807) is 34.8 Å². The van der Waals surface area contributed by atoms with Crippen LogP contribution in [0.4, 0.5) is 0 Å². The van der Waals surface area contributed by atoms with Crippen molar-refractivity contribution in [2.24, 2.45) is 18.4 Å². The van der Waals surface area contributed by atoms with Crippen LogP contribution in [0.3, 0.4) is 0 Å². The van der Waals surface area contributed by atoms with Gasteiger partial charge in [0.2, 0.25) is 5.91 Å². The van der Waals surface area contributed by atoms with Crippen LogP contribution < -0.4 is 0 Å². The second kappa shape index (κ2) is 7.87. The van der Waals surface area contributed by atoms with Gasteiger partial charge in [0.05, 0.1) is 5.69 Å². The lowest BCUT2D eigenvalue weighted by atomic mass is 9.73. The van der Waals surface area contributed by atoms with Crippen LogP contribution in [0.1, 0.15) is 56.4 Å². The average molecular weight is 373 g/mol. The molecule has 2 aliphatic heterocycles. The number of rotatable bonds is 5. The van der Waals surface area contributed by atoms with Crippen molar-refractivity contribution < 1.29 is 14.4 Å². The molecule has 0 N–H and O–H groups in total. The minimum Gasteiger partial charge on any atom is -0.348 e. The number of likely N-dealkylation sites (tertiary alicyclic amines) is 2. The predicted molar refractivity (Wildman–Crippen MR) is 103 cm³/mol. The molecule has 1 aromatic rings. The third-order valence-corrected chi connectivity index (χ3v) is 6.04. The molecule has 6 nitrogen and oxygen atoms in total. The Bertz CT molecular complexity index is 724. The molecule has 0 aromatic carbocycles. The molecular weight excluding hydrogens is 342 g/mol. The zero-order valence-electron chi connectivity index (χ0n) is 16.7. The third-order valence-electron chi connectivity index (χ3n) is 6.04. The normalized spacial score (nSPS) is 23.3. The van der Waals surface area contributed by atoms with E-state index in [2.05, 4.69) is 13.8 Å². The lowest BCUT2D eigenvalue weighted by Crippen LogP contribution is -2.56. The topological polar surface area (TPSA) is 62.6 Å². The Hall–Kier alpha value is -2.11. The lowest BCUT2D eigenvalue weighted by molar-refractivity contribution is -0.141. The molecule has 27 heavy (non-hydrogen) atoms. The van der Waals surface area contributed by atoms with Crippen LogP contribution in [0, 0.1) is 11.3 Å². The molecule has 2 saturated heterocycles. The second-order valence-electron chi connectivity index (χ2n) is 8.66. The Morgan fingerprint density at radius 1 is 1.22 bits per heavy atom. The van der Waals surface area contributed by atoms with E-state index in [0.717, 1.165) is 32.2 Å². The van der Waals surface area contributed by atoms with E-state index < -0.39 is 11.7 Å². The van der Waals surface area contributed by atoms with Crippen LogP contribution in [0.2, 0.25) is 0 Å². The maximum atomic E-state index is 12.8. The summed E-state index contributed by atoms with van der Waals surface area (Å²) in [7, 11) is 1.78. The van der Waals surface area contributed by atoms with Crippen molar-refractivity contribution >= 4 is 17.6 Å². The van der Waals surface area contributed by atoms with Crippen LogP contribution in [-0.2, 0) is 16.6 Å². The van der Waals surface area contributed by atoms with Gasteiger partial charge < -0.3 is 14.4 Å². The SMILES string of the molecule is CC(C)CCN1C[C@]2(CCCN(C(=O)C(=O)c3cccn3C)C2)CCC1=O. The Morgan fingerprint density at radius 2 is 2.00 bits per heavy atom. The summed E-state index contributed by atoms with van der Waals surface area (Å²) in [5.74, 6) is -0.0720. The van der Waals surface area contributed by atoms with Crippen molar-refractivity contribution in [1.29, 1.82) is 0 Å². The standard InChI is InChI=1S/C21H31N3O3/c1-16(2)8-13-23-14-21(10-7-18(23)25)9-5-12-24(15-21)20(27)19(26)17-6-4-11-22(17)3/h4,6,11,16H,5,7-10,12-15H2,1-3H3/t21-/m0/s1. The monoisotopic (exact) mass is 373 g/mol. The summed E-state index contributed by atoms with van der Waals surface area (Å²) >= 11 is 0. The third kappa shape index (κ3) is 4.25. The molecule has 3 heterocycles. The van der Waals surface area contributed by atoms with Crippen LogP contribution in [0.25, 0.3) is 0 Å². The Morgan fingerprint density at radius 3 is 2.67 bits per heavy atom. The first kappa shape index (κ1) is 19.6. The van der Waals surface area contributed by atoms with Crippen molar-refractivity contribution in [2.45, 2.75) is 46.0 Å². The molecule has 1 spiro atoms. The molecule has 148 valence electrons. The maximum absolute atomic E-state index is 12.8. The van der Waals surface area contributed by atoms with E-state index in [-0.39, 0.29) is 11.3 Å². The van der Waals surface area contributed by atoms with Gasteiger partial charge in [-0.3, -0.25) is 14.4 Å². The fourth-order valence-electron chi connectivity index (χ4n) is 4.38.